The van der Waals surface area contributed by atoms with E-state index in [0.717, 1.165) is 0 Å². The Bertz CT molecular complexity index is 2080. The Kier molecular flexibility index (Phi) is 6.13. The van der Waals surface area contributed by atoms with Crippen LogP contribution in [-0.4, -0.2) is 34.0 Å². The van der Waals surface area contributed by atoms with Crippen molar-refractivity contribution in [3.8, 4) is 16.9 Å². The lowest BCUT2D eigenvalue weighted by Crippen LogP contribution is -2.23. The molecule has 6 nitrogen and oxygen atoms in total. The summed E-state index contributed by atoms with van der Waals surface area (Å²) in [6.07, 6.45) is 4.60. The zero-order valence-corrected chi connectivity index (χ0v) is 24.1. The van der Waals surface area contributed by atoms with Gasteiger partial charge >= 0.3 is 0 Å². The lowest BCUT2D eigenvalue weighted by atomic mass is 9.76. The van der Waals surface area contributed by atoms with Gasteiger partial charge in [0.25, 0.3) is 0 Å². The van der Waals surface area contributed by atoms with E-state index in [1.165, 1.54) is 25.1 Å². The fourth-order valence-corrected chi connectivity index (χ4v) is 6.34. The Labute approximate surface area is 248 Å². The second-order valence-corrected chi connectivity index (χ2v) is 11.1. The molecule has 6 heteroatoms. The Morgan fingerprint density at radius 2 is 1.23 bits per heavy atom. The molecular weight excluding hydrogens is 540 g/mol. The molecule has 43 heavy (non-hydrogen) atoms. The van der Waals surface area contributed by atoms with Crippen molar-refractivity contribution in [3.05, 3.63) is 128 Å². The lowest BCUT2D eigenvalue weighted by molar-refractivity contribution is 0.0983. The van der Waals surface area contributed by atoms with E-state index in [2.05, 4.69) is 13.2 Å². The van der Waals surface area contributed by atoms with Gasteiger partial charge in [-0.25, -0.2) is 0 Å². The molecular formula is C37H26O6. The first-order valence-corrected chi connectivity index (χ1v) is 13.7. The highest BCUT2D eigenvalue weighted by Crippen LogP contribution is 2.44. The molecule has 0 spiro atoms. The van der Waals surface area contributed by atoms with Crippen LogP contribution in [0.2, 0.25) is 0 Å². The van der Waals surface area contributed by atoms with E-state index in [-0.39, 0.29) is 56.3 Å². The molecule has 3 aromatic carbocycles. The third kappa shape index (κ3) is 3.83. The van der Waals surface area contributed by atoms with E-state index in [1.807, 2.05) is 0 Å². The summed E-state index contributed by atoms with van der Waals surface area (Å²) >= 11 is 0. The number of phenols is 1. The average molecular weight is 567 g/mol. The van der Waals surface area contributed by atoms with Crippen LogP contribution in [0.3, 0.4) is 0 Å². The van der Waals surface area contributed by atoms with Gasteiger partial charge in [-0.2, -0.15) is 0 Å². The minimum atomic E-state index is -0.582. The molecule has 0 aromatic heterocycles. The van der Waals surface area contributed by atoms with Gasteiger partial charge in [-0.05, 0) is 109 Å². The summed E-state index contributed by atoms with van der Waals surface area (Å²) in [6, 6.07) is 9.53. The highest BCUT2D eigenvalue weighted by atomic mass is 16.3. The van der Waals surface area contributed by atoms with Crippen LogP contribution >= 0.6 is 0 Å². The van der Waals surface area contributed by atoms with Crippen molar-refractivity contribution in [2.24, 2.45) is 0 Å². The number of hydrogen-bond acceptors (Lipinski definition) is 6. The molecule has 0 saturated heterocycles. The maximum atomic E-state index is 14.2. The summed E-state index contributed by atoms with van der Waals surface area (Å²) in [7, 11) is 0. The van der Waals surface area contributed by atoms with Gasteiger partial charge < -0.3 is 5.11 Å². The van der Waals surface area contributed by atoms with Crippen LogP contribution < -0.4 is 0 Å². The van der Waals surface area contributed by atoms with Crippen molar-refractivity contribution in [1.29, 1.82) is 0 Å². The first-order chi connectivity index (χ1) is 20.4. The van der Waals surface area contributed by atoms with Crippen molar-refractivity contribution in [2.75, 3.05) is 0 Å². The fourth-order valence-electron chi connectivity index (χ4n) is 6.34. The highest BCUT2D eigenvalue weighted by molar-refractivity contribution is 6.42. The van der Waals surface area contributed by atoms with E-state index in [1.54, 1.807) is 57.2 Å². The van der Waals surface area contributed by atoms with Crippen molar-refractivity contribution in [1.82, 2.24) is 0 Å². The monoisotopic (exact) mass is 566 g/mol. The number of benzene rings is 3. The van der Waals surface area contributed by atoms with E-state index >= 15 is 0 Å². The Balaban J connectivity index is 1.53. The average Bonchev–Trinajstić information content (AvgIpc) is 2.97. The minimum absolute atomic E-state index is 0.0538. The summed E-state index contributed by atoms with van der Waals surface area (Å²) in [5.41, 5.74) is 5.25. The van der Waals surface area contributed by atoms with Gasteiger partial charge in [0, 0.05) is 44.5 Å². The number of allylic oxidation sites excluding steroid dienone is 7. The van der Waals surface area contributed by atoms with Crippen LogP contribution in [0, 0.1) is 6.92 Å². The second-order valence-electron chi connectivity index (χ2n) is 11.1. The number of hydrogen-bond donors (Lipinski definition) is 1. The van der Waals surface area contributed by atoms with Crippen LogP contribution in [0.15, 0.2) is 78.4 Å². The molecule has 0 amide bonds. The Morgan fingerprint density at radius 3 is 1.91 bits per heavy atom. The zero-order chi connectivity index (χ0) is 31.1. The van der Waals surface area contributed by atoms with Gasteiger partial charge in [0.15, 0.2) is 28.9 Å². The molecule has 210 valence electrons. The number of Topliss-reactive ketones (excluding diaryl/α,β-unsaturated/α-hetero) is 4. The SMILES string of the molecule is C=Cc1cc(-c2ccc3c(c2O)C(=O)C(c2ccc4c(c2C)C(=O)C=C(C)C4=O)=C(C)C3=O)cc2c1C(=C)C=C(C)C2=O. The largest absolute Gasteiger partial charge is 0.507 e. The van der Waals surface area contributed by atoms with Crippen molar-refractivity contribution >= 4 is 46.1 Å². The highest BCUT2D eigenvalue weighted by Gasteiger charge is 2.36. The van der Waals surface area contributed by atoms with Gasteiger partial charge in [-0.1, -0.05) is 25.3 Å². The number of carbonyl (C=O) groups is 5. The predicted octanol–water partition coefficient (Wildman–Crippen LogP) is 7.34. The Morgan fingerprint density at radius 1 is 0.651 bits per heavy atom. The summed E-state index contributed by atoms with van der Waals surface area (Å²) in [6.45, 7) is 14.4. The minimum Gasteiger partial charge on any atom is -0.507 e. The van der Waals surface area contributed by atoms with E-state index in [0.29, 0.717) is 50.1 Å². The molecule has 1 N–H and O–H groups in total. The van der Waals surface area contributed by atoms with Crippen LogP contribution in [0.5, 0.6) is 5.75 Å². The third-order valence-electron chi connectivity index (χ3n) is 8.54. The van der Waals surface area contributed by atoms with Crippen LogP contribution in [-0.2, 0) is 0 Å². The standard InChI is InChI=1S/C37H26O6/c1-7-21-14-22(15-27-29(21)16(2)12-17(3)34(27)40)24-9-11-26-32(36(24)42)37(43)31(20(6)35(26)41)23-8-10-25-30(19(23)5)28(38)13-18(4)33(25)39/h7-15,42H,1-2H2,3-6H3. The quantitative estimate of drug-likeness (QED) is 0.356. The number of phenolic OH excluding ortho intramolecular Hbond substituents is 1. The third-order valence-corrected chi connectivity index (χ3v) is 8.54. The van der Waals surface area contributed by atoms with E-state index in [9.17, 15) is 29.1 Å². The molecule has 0 bridgehead atoms. The molecule has 3 aliphatic carbocycles. The molecule has 0 unspecified atom stereocenters. The topological polar surface area (TPSA) is 106 Å². The van der Waals surface area contributed by atoms with Crippen LogP contribution in [0.1, 0.15) is 94.8 Å². The fraction of sp³-hybridized carbons (Fsp3) is 0.108. The zero-order valence-electron chi connectivity index (χ0n) is 24.1. The summed E-state index contributed by atoms with van der Waals surface area (Å²) in [5, 5.41) is 11.6. The lowest BCUT2D eigenvalue weighted by Gasteiger charge is -2.25. The maximum Gasteiger partial charge on any atom is 0.198 e. The maximum absolute atomic E-state index is 14.2. The molecule has 6 rings (SSSR count). The molecule has 0 fully saturated rings. The number of ketones is 5. The van der Waals surface area contributed by atoms with Crippen LogP contribution in [0.25, 0.3) is 28.3 Å². The van der Waals surface area contributed by atoms with Gasteiger partial charge in [0.2, 0.25) is 0 Å². The smallest absolute Gasteiger partial charge is 0.198 e. The number of fused-ring (bicyclic) bond motifs is 3. The van der Waals surface area contributed by atoms with Gasteiger partial charge in [-0.3, -0.25) is 24.0 Å². The molecule has 0 radical (unpaired) electrons. The second kappa shape index (κ2) is 9.53. The van der Waals surface area contributed by atoms with E-state index in [4.69, 9.17) is 0 Å². The molecule has 0 saturated carbocycles. The molecule has 3 aromatic rings. The number of carbonyl (C=O) groups excluding carboxylic acids is 5. The van der Waals surface area contributed by atoms with Crippen molar-refractivity contribution in [3.63, 3.8) is 0 Å². The van der Waals surface area contributed by atoms with Gasteiger partial charge in [0.1, 0.15) is 5.75 Å². The summed E-state index contributed by atoms with van der Waals surface area (Å²) in [4.78, 5) is 66.5. The van der Waals surface area contributed by atoms with Crippen molar-refractivity contribution < 1.29 is 29.1 Å². The molecule has 3 aliphatic rings. The van der Waals surface area contributed by atoms with Crippen molar-refractivity contribution in [2.45, 2.75) is 27.7 Å². The van der Waals surface area contributed by atoms with Gasteiger partial charge in [0.05, 0.1) is 5.56 Å². The molecule has 0 atom stereocenters. The van der Waals surface area contributed by atoms with E-state index < -0.39 is 17.3 Å². The Hall–Kier alpha value is -5.49. The summed E-state index contributed by atoms with van der Waals surface area (Å²) in [5.74, 6) is -2.22. The molecule has 0 heterocycles. The summed E-state index contributed by atoms with van der Waals surface area (Å²) < 4.78 is 0. The normalized spacial score (nSPS) is 16.1. The first kappa shape index (κ1) is 27.7. The first-order valence-electron chi connectivity index (χ1n) is 13.7. The van der Waals surface area contributed by atoms with Gasteiger partial charge in [-0.15, -0.1) is 0 Å². The number of aromatic hydroxyl groups is 1. The van der Waals surface area contributed by atoms with Crippen LogP contribution in [0.4, 0.5) is 0 Å². The number of rotatable bonds is 3. The predicted molar refractivity (Wildman–Crippen MR) is 166 cm³/mol. The molecule has 0 aliphatic heterocycles.